The van der Waals surface area contributed by atoms with Gasteiger partial charge in [-0.05, 0) is 13.0 Å². The summed E-state index contributed by atoms with van der Waals surface area (Å²) in [5.41, 5.74) is 2.85. The van der Waals surface area contributed by atoms with Crippen LogP contribution in [-0.4, -0.2) is 19.7 Å². The minimum Gasteiger partial charge on any atom is -0.493 e. The molecule has 18 heavy (non-hydrogen) atoms. The van der Waals surface area contributed by atoms with Crippen molar-refractivity contribution in [3.8, 4) is 17.1 Å². The molecule has 0 saturated heterocycles. The standard InChI is InChI=1S/C13H10ClN3O/c1-8-6-13(18)17-12(15-8)7-11(16-17)9-4-2-3-5-10(9)14/h2-7,18H,1H3. The highest BCUT2D eigenvalue weighted by Gasteiger charge is 2.10. The number of hydrogen-bond donors (Lipinski definition) is 1. The summed E-state index contributed by atoms with van der Waals surface area (Å²) in [6.45, 7) is 1.82. The Kier molecular flexibility index (Phi) is 2.45. The molecule has 0 spiro atoms. The molecule has 0 aliphatic rings. The average Bonchev–Trinajstić information content (AvgIpc) is 2.73. The fraction of sp³-hybridized carbons (Fsp3) is 0.0769. The summed E-state index contributed by atoms with van der Waals surface area (Å²) in [6.07, 6.45) is 0. The van der Waals surface area contributed by atoms with Crippen molar-refractivity contribution < 1.29 is 5.11 Å². The first-order valence-corrected chi connectivity index (χ1v) is 5.84. The zero-order valence-corrected chi connectivity index (χ0v) is 10.4. The summed E-state index contributed by atoms with van der Waals surface area (Å²) in [5.74, 6) is 0.0656. The third-order valence-corrected chi connectivity index (χ3v) is 3.02. The van der Waals surface area contributed by atoms with Gasteiger partial charge < -0.3 is 5.11 Å². The number of aromatic nitrogens is 3. The van der Waals surface area contributed by atoms with Gasteiger partial charge in [-0.1, -0.05) is 29.8 Å². The largest absolute Gasteiger partial charge is 0.493 e. The molecule has 3 rings (SSSR count). The molecule has 90 valence electrons. The van der Waals surface area contributed by atoms with E-state index in [9.17, 15) is 5.11 Å². The zero-order valence-electron chi connectivity index (χ0n) is 9.63. The first-order valence-electron chi connectivity index (χ1n) is 5.46. The third-order valence-electron chi connectivity index (χ3n) is 2.69. The van der Waals surface area contributed by atoms with Crippen LogP contribution in [0.4, 0.5) is 0 Å². The van der Waals surface area contributed by atoms with Crippen LogP contribution in [0.2, 0.25) is 5.02 Å². The maximum atomic E-state index is 9.81. The number of rotatable bonds is 1. The van der Waals surface area contributed by atoms with Crippen LogP contribution in [0.15, 0.2) is 36.4 Å². The third kappa shape index (κ3) is 1.71. The van der Waals surface area contributed by atoms with E-state index >= 15 is 0 Å². The van der Waals surface area contributed by atoms with Crippen LogP contribution >= 0.6 is 11.6 Å². The summed E-state index contributed by atoms with van der Waals surface area (Å²) >= 11 is 6.13. The fourth-order valence-corrected chi connectivity index (χ4v) is 2.11. The number of hydrogen-bond acceptors (Lipinski definition) is 3. The van der Waals surface area contributed by atoms with E-state index in [0.717, 1.165) is 11.3 Å². The van der Waals surface area contributed by atoms with Gasteiger partial charge in [-0.25, -0.2) is 4.98 Å². The molecule has 2 aromatic heterocycles. The quantitative estimate of drug-likeness (QED) is 0.731. The first-order chi connectivity index (χ1) is 8.65. The highest BCUT2D eigenvalue weighted by atomic mass is 35.5. The van der Waals surface area contributed by atoms with Gasteiger partial charge in [0.05, 0.1) is 10.7 Å². The monoisotopic (exact) mass is 259 g/mol. The number of aromatic hydroxyl groups is 1. The van der Waals surface area contributed by atoms with Gasteiger partial charge in [-0.3, -0.25) is 0 Å². The summed E-state index contributed by atoms with van der Waals surface area (Å²) in [6, 6.07) is 10.8. The Labute approximate surface area is 108 Å². The summed E-state index contributed by atoms with van der Waals surface area (Å²) in [4.78, 5) is 4.31. The van der Waals surface area contributed by atoms with Gasteiger partial charge in [0.15, 0.2) is 5.65 Å². The zero-order chi connectivity index (χ0) is 12.7. The Balaban J connectivity index is 2.26. The molecule has 1 N–H and O–H groups in total. The lowest BCUT2D eigenvalue weighted by molar-refractivity contribution is 0.435. The molecule has 0 fully saturated rings. The molecule has 0 unspecified atom stereocenters. The van der Waals surface area contributed by atoms with Gasteiger partial charge in [-0.2, -0.15) is 9.61 Å². The van der Waals surface area contributed by atoms with Crippen LogP contribution in [0.3, 0.4) is 0 Å². The van der Waals surface area contributed by atoms with Gasteiger partial charge in [0.25, 0.3) is 0 Å². The SMILES string of the molecule is Cc1cc(O)n2nc(-c3ccccc3Cl)cc2n1. The number of nitrogens with zero attached hydrogens (tertiary/aromatic N) is 3. The fourth-order valence-electron chi connectivity index (χ4n) is 1.88. The maximum absolute atomic E-state index is 9.81. The molecule has 0 aliphatic heterocycles. The van der Waals surface area contributed by atoms with Gasteiger partial charge in [0.1, 0.15) is 0 Å². The summed E-state index contributed by atoms with van der Waals surface area (Å²) in [5, 5.41) is 14.7. The highest BCUT2D eigenvalue weighted by Crippen LogP contribution is 2.28. The second-order valence-electron chi connectivity index (χ2n) is 4.04. The van der Waals surface area contributed by atoms with Crippen molar-refractivity contribution >= 4 is 17.2 Å². The van der Waals surface area contributed by atoms with Crippen LogP contribution in [0.1, 0.15) is 5.69 Å². The second kappa shape index (κ2) is 3.99. The van der Waals surface area contributed by atoms with Crippen molar-refractivity contribution in [3.05, 3.63) is 47.1 Å². The van der Waals surface area contributed by atoms with E-state index in [2.05, 4.69) is 10.1 Å². The van der Waals surface area contributed by atoms with Crippen molar-refractivity contribution in [1.29, 1.82) is 0 Å². The van der Waals surface area contributed by atoms with Gasteiger partial charge in [0.2, 0.25) is 5.88 Å². The molecular formula is C13H10ClN3O. The van der Waals surface area contributed by atoms with Crippen LogP contribution in [0, 0.1) is 6.92 Å². The van der Waals surface area contributed by atoms with Crippen molar-refractivity contribution in [3.63, 3.8) is 0 Å². The molecule has 0 atom stereocenters. The number of aryl methyl sites for hydroxylation is 1. The summed E-state index contributed by atoms with van der Waals surface area (Å²) < 4.78 is 1.39. The molecule has 2 heterocycles. The van der Waals surface area contributed by atoms with E-state index in [1.165, 1.54) is 4.52 Å². The highest BCUT2D eigenvalue weighted by molar-refractivity contribution is 6.33. The Morgan fingerprint density at radius 3 is 2.78 bits per heavy atom. The van der Waals surface area contributed by atoms with Crippen LogP contribution in [0.25, 0.3) is 16.9 Å². The minimum atomic E-state index is 0.0656. The molecule has 5 heteroatoms. The molecule has 3 aromatic rings. The summed E-state index contributed by atoms with van der Waals surface area (Å²) in [7, 11) is 0. The molecule has 1 aromatic carbocycles. The predicted molar refractivity (Wildman–Crippen MR) is 69.8 cm³/mol. The first kappa shape index (κ1) is 11.0. The molecular weight excluding hydrogens is 250 g/mol. The lowest BCUT2D eigenvalue weighted by Crippen LogP contribution is -1.92. The van der Waals surface area contributed by atoms with Crippen LogP contribution < -0.4 is 0 Å². The lowest BCUT2D eigenvalue weighted by Gasteiger charge is -1.99. The molecule has 4 nitrogen and oxygen atoms in total. The van der Waals surface area contributed by atoms with E-state index < -0.39 is 0 Å². The van der Waals surface area contributed by atoms with Crippen LogP contribution in [0.5, 0.6) is 5.88 Å². The van der Waals surface area contributed by atoms with Gasteiger partial charge in [-0.15, -0.1) is 0 Å². The average molecular weight is 260 g/mol. The smallest absolute Gasteiger partial charge is 0.215 e. The van der Waals surface area contributed by atoms with Crippen molar-refractivity contribution in [2.45, 2.75) is 6.92 Å². The normalized spacial score (nSPS) is 11.0. The topological polar surface area (TPSA) is 50.4 Å². The lowest BCUT2D eigenvalue weighted by atomic mass is 10.1. The van der Waals surface area contributed by atoms with Gasteiger partial charge >= 0.3 is 0 Å². The Hall–Kier alpha value is -2.07. The van der Waals surface area contributed by atoms with Crippen molar-refractivity contribution in [1.82, 2.24) is 14.6 Å². The van der Waals surface area contributed by atoms with Crippen molar-refractivity contribution in [2.24, 2.45) is 0 Å². The maximum Gasteiger partial charge on any atom is 0.215 e. The van der Waals surface area contributed by atoms with E-state index in [-0.39, 0.29) is 5.88 Å². The Morgan fingerprint density at radius 1 is 1.22 bits per heavy atom. The van der Waals surface area contributed by atoms with E-state index in [0.29, 0.717) is 16.4 Å². The van der Waals surface area contributed by atoms with E-state index in [1.807, 2.05) is 25.1 Å². The predicted octanol–water partition coefficient (Wildman–Crippen LogP) is 3.06. The molecule has 0 amide bonds. The number of benzene rings is 1. The molecule has 0 aliphatic carbocycles. The minimum absolute atomic E-state index is 0.0656. The molecule has 0 radical (unpaired) electrons. The number of halogens is 1. The molecule has 0 saturated carbocycles. The van der Waals surface area contributed by atoms with E-state index in [1.54, 1.807) is 18.2 Å². The Bertz CT molecular complexity index is 736. The Morgan fingerprint density at radius 2 is 2.00 bits per heavy atom. The van der Waals surface area contributed by atoms with Crippen LogP contribution in [-0.2, 0) is 0 Å². The molecule has 0 bridgehead atoms. The van der Waals surface area contributed by atoms with Crippen molar-refractivity contribution in [2.75, 3.05) is 0 Å². The van der Waals surface area contributed by atoms with Gasteiger partial charge in [0, 0.05) is 23.4 Å². The van der Waals surface area contributed by atoms with E-state index in [4.69, 9.17) is 11.6 Å². The number of fused-ring (bicyclic) bond motifs is 1. The second-order valence-corrected chi connectivity index (χ2v) is 4.44.